The van der Waals surface area contributed by atoms with Crippen LogP contribution in [-0.4, -0.2) is 83.8 Å². The Kier molecular flexibility index (Phi) is 6.67. The molecule has 0 aromatic heterocycles. The van der Waals surface area contributed by atoms with Crippen LogP contribution in [0.4, 0.5) is 4.79 Å². The molecule has 2 heterocycles. The summed E-state index contributed by atoms with van der Waals surface area (Å²) >= 11 is 0. The standard InChI is InChI=1S/C34H39N2O7/c1-35(17-6-9-28(38)41-21-23-7-4-3-5-8-23)32(39)42-26-13-12-24-19-27-34(40)15-14-25(37)31-33(34,29(24)30(26)43-31)16-18-36(27,2)20-22-10-11-22/h3-5,7-8,12-15,22,27,31,40H,6,9-11,16-21H2,1-2H3/q+1/t27-,31?,33-,34-,36?/m1/s1. The number of carbonyl (C=O) groups is 3. The normalized spacial score (nSPS) is 31.2. The van der Waals surface area contributed by atoms with Gasteiger partial charge in [-0.3, -0.25) is 9.59 Å². The van der Waals surface area contributed by atoms with Crippen LogP contribution in [0, 0.1) is 5.92 Å². The fourth-order valence-corrected chi connectivity index (χ4v) is 8.12. The SMILES string of the molecule is CN(CCCC(=O)OCc1ccccc1)C(=O)Oc1ccc2c3c1OC1C(=O)C=C[C@@]4(O)[C@@H](C2)[N+](C)(CC2CC2)CC[C@@]314. The minimum Gasteiger partial charge on any atom is -0.477 e. The van der Waals surface area contributed by atoms with Crippen LogP contribution in [0.5, 0.6) is 11.5 Å². The fourth-order valence-electron chi connectivity index (χ4n) is 8.12. The van der Waals surface area contributed by atoms with Crippen molar-refractivity contribution in [2.24, 2.45) is 5.92 Å². The first-order valence-electron chi connectivity index (χ1n) is 15.4. The summed E-state index contributed by atoms with van der Waals surface area (Å²) in [5, 5.41) is 12.5. The minimum atomic E-state index is -1.24. The first-order valence-corrected chi connectivity index (χ1v) is 15.4. The van der Waals surface area contributed by atoms with Crippen molar-refractivity contribution >= 4 is 17.8 Å². The lowest BCUT2D eigenvalue weighted by Crippen LogP contribution is -2.79. The molecule has 2 aliphatic heterocycles. The summed E-state index contributed by atoms with van der Waals surface area (Å²) in [4.78, 5) is 40.0. The summed E-state index contributed by atoms with van der Waals surface area (Å²) in [6.45, 7) is 2.40. The van der Waals surface area contributed by atoms with E-state index < -0.39 is 23.2 Å². The lowest BCUT2D eigenvalue weighted by atomic mass is 9.50. The smallest absolute Gasteiger partial charge is 0.415 e. The summed E-state index contributed by atoms with van der Waals surface area (Å²) in [5.74, 6) is 0.839. The number of nitrogens with zero attached hydrogens (tertiary/aromatic N) is 2. The number of hydrogen-bond acceptors (Lipinski definition) is 7. The number of ketones is 1. The number of piperidine rings is 1. The third kappa shape index (κ3) is 4.47. The first kappa shape index (κ1) is 28.1. The van der Waals surface area contributed by atoms with E-state index in [0.29, 0.717) is 37.5 Å². The molecule has 2 aromatic carbocycles. The molecule has 2 unspecified atom stereocenters. The predicted molar refractivity (Wildman–Crippen MR) is 157 cm³/mol. The number of likely N-dealkylation sites (tertiary alicyclic amines) is 1. The van der Waals surface area contributed by atoms with E-state index in [2.05, 4.69) is 7.05 Å². The molecule has 226 valence electrons. The molecule has 1 spiro atoms. The van der Waals surface area contributed by atoms with Crippen molar-refractivity contribution in [1.29, 1.82) is 0 Å². The first-order chi connectivity index (χ1) is 20.6. The zero-order valence-electron chi connectivity index (χ0n) is 24.8. The molecule has 2 fully saturated rings. The number of esters is 1. The maximum atomic E-state index is 13.3. The van der Waals surface area contributed by atoms with Gasteiger partial charge in [0, 0.05) is 44.3 Å². The van der Waals surface area contributed by atoms with Gasteiger partial charge in [-0.25, -0.2) is 4.79 Å². The molecule has 5 aliphatic rings. The van der Waals surface area contributed by atoms with Crippen molar-refractivity contribution in [3.8, 4) is 11.5 Å². The number of rotatable bonds is 9. The van der Waals surface area contributed by atoms with E-state index in [1.807, 2.05) is 36.4 Å². The van der Waals surface area contributed by atoms with Crippen molar-refractivity contribution in [2.75, 3.05) is 33.7 Å². The molecule has 1 saturated heterocycles. The maximum absolute atomic E-state index is 13.3. The van der Waals surface area contributed by atoms with Crippen LogP contribution in [0.25, 0.3) is 0 Å². The summed E-state index contributed by atoms with van der Waals surface area (Å²) in [6, 6.07) is 13.1. The van der Waals surface area contributed by atoms with E-state index >= 15 is 0 Å². The second kappa shape index (κ2) is 10.2. The summed E-state index contributed by atoms with van der Waals surface area (Å²) in [6.07, 6.45) is 6.14. The van der Waals surface area contributed by atoms with Gasteiger partial charge in [-0.2, -0.15) is 0 Å². The van der Waals surface area contributed by atoms with Gasteiger partial charge < -0.3 is 28.7 Å². The molecule has 2 bridgehead atoms. The molecule has 0 radical (unpaired) electrons. The Labute approximate surface area is 251 Å². The molecular formula is C34H39N2O7+. The number of aliphatic hydroxyl groups is 1. The molecule has 7 rings (SSSR count). The molecule has 2 aromatic rings. The number of amides is 1. The number of ether oxygens (including phenoxy) is 3. The molecule has 5 atom stereocenters. The Morgan fingerprint density at radius 2 is 1.95 bits per heavy atom. The van der Waals surface area contributed by atoms with E-state index in [9.17, 15) is 19.5 Å². The van der Waals surface area contributed by atoms with E-state index in [4.69, 9.17) is 14.2 Å². The third-order valence-corrected chi connectivity index (χ3v) is 10.5. The average Bonchev–Trinajstić information content (AvgIpc) is 3.73. The van der Waals surface area contributed by atoms with Crippen LogP contribution in [0.15, 0.2) is 54.6 Å². The lowest BCUT2D eigenvalue weighted by Gasteiger charge is -2.62. The van der Waals surface area contributed by atoms with Gasteiger partial charge in [0.2, 0.25) is 0 Å². The second-order valence-corrected chi connectivity index (χ2v) is 13.3. The summed E-state index contributed by atoms with van der Waals surface area (Å²) < 4.78 is 18.3. The van der Waals surface area contributed by atoms with Gasteiger partial charge in [-0.1, -0.05) is 36.4 Å². The van der Waals surface area contributed by atoms with Crippen LogP contribution in [0.1, 0.15) is 48.8 Å². The number of carbonyl (C=O) groups excluding carboxylic acids is 3. The van der Waals surface area contributed by atoms with E-state index in [0.717, 1.165) is 34.3 Å². The number of hydrogen-bond donors (Lipinski definition) is 1. The Hall–Kier alpha value is -3.69. The van der Waals surface area contributed by atoms with E-state index in [1.165, 1.54) is 23.8 Å². The Morgan fingerprint density at radius 3 is 2.72 bits per heavy atom. The minimum absolute atomic E-state index is 0.0883. The lowest BCUT2D eigenvalue weighted by molar-refractivity contribution is -0.949. The van der Waals surface area contributed by atoms with Crippen LogP contribution in [0.3, 0.4) is 0 Å². The molecule has 1 saturated carbocycles. The van der Waals surface area contributed by atoms with Crippen molar-refractivity contribution in [3.63, 3.8) is 0 Å². The van der Waals surface area contributed by atoms with Crippen molar-refractivity contribution < 1.29 is 38.2 Å². The van der Waals surface area contributed by atoms with Gasteiger partial charge in [-0.15, -0.1) is 0 Å². The summed E-state index contributed by atoms with van der Waals surface area (Å²) in [7, 11) is 3.87. The Bertz CT molecular complexity index is 1500. The van der Waals surface area contributed by atoms with E-state index in [1.54, 1.807) is 19.2 Å². The van der Waals surface area contributed by atoms with Crippen LogP contribution < -0.4 is 9.47 Å². The number of likely N-dealkylation sites (N-methyl/N-ethyl adjacent to an activating group) is 1. The summed E-state index contributed by atoms with van der Waals surface area (Å²) in [5.41, 5.74) is 0.656. The van der Waals surface area contributed by atoms with Gasteiger partial charge in [0.05, 0.1) is 25.6 Å². The second-order valence-electron chi connectivity index (χ2n) is 13.3. The van der Waals surface area contributed by atoms with Gasteiger partial charge in [-0.05, 0) is 48.6 Å². The fraction of sp³-hybridized carbons (Fsp3) is 0.500. The zero-order chi connectivity index (χ0) is 30.0. The molecule has 43 heavy (non-hydrogen) atoms. The topological polar surface area (TPSA) is 102 Å². The van der Waals surface area contributed by atoms with Gasteiger partial charge >= 0.3 is 12.1 Å². The molecule has 3 aliphatic carbocycles. The van der Waals surface area contributed by atoms with Crippen molar-refractivity contribution in [3.05, 3.63) is 71.3 Å². The van der Waals surface area contributed by atoms with Gasteiger partial charge in [0.25, 0.3) is 0 Å². The van der Waals surface area contributed by atoms with Crippen molar-refractivity contribution in [2.45, 2.75) is 68.3 Å². The molecule has 9 heteroatoms. The highest BCUT2D eigenvalue weighted by Gasteiger charge is 2.75. The quantitative estimate of drug-likeness (QED) is 0.353. The third-order valence-electron chi connectivity index (χ3n) is 10.5. The maximum Gasteiger partial charge on any atom is 0.415 e. The highest BCUT2D eigenvalue weighted by atomic mass is 16.6. The van der Waals surface area contributed by atoms with Crippen LogP contribution in [-0.2, 0) is 32.8 Å². The van der Waals surface area contributed by atoms with Gasteiger partial charge in [0.15, 0.2) is 23.4 Å². The average molecular weight is 588 g/mol. The highest BCUT2D eigenvalue weighted by Crippen LogP contribution is 2.64. The largest absolute Gasteiger partial charge is 0.477 e. The zero-order valence-corrected chi connectivity index (χ0v) is 24.8. The van der Waals surface area contributed by atoms with Crippen molar-refractivity contribution in [1.82, 2.24) is 4.90 Å². The molecular weight excluding hydrogens is 548 g/mol. The molecule has 9 nitrogen and oxygen atoms in total. The number of quaternary nitrogens is 1. The van der Waals surface area contributed by atoms with Crippen LogP contribution in [0.2, 0.25) is 0 Å². The Morgan fingerprint density at radius 1 is 1.16 bits per heavy atom. The van der Waals surface area contributed by atoms with Crippen LogP contribution >= 0.6 is 0 Å². The monoisotopic (exact) mass is 587 g/mol. The number of benzene rings is 2. The predicted octanol–water partition coefficient (Wildman–Crippen LogP) is 3.69. The van der Waals surface area contributed by atoms with Gasteiger partial charge in [0.1, 0.15) is 18.2 Å². The highest BCUT2D eigenvalue weighted by molar-refractivity contribution is 5.99. The molecule has 1 N–H and O–H groups in total. The molecule has 1 amide bonds. The van der Waals surface area contributed by atoms with E-state index in [-0.39, 0.29) is 36.6 Å². The Balaban J connectivity index is 1.06.